The Labute approximate surface area is 99.8 Å². The van der Waals surface area contributed by atoms with Gasteiger partial charge in [-0.3, -0.25) is 0 Å². The highest BCUT2D eigenvalue weighted by molar-refractivity contribution is 5.96. The molecule has 0 amide bonds. The first-order valence-electron chi connectivity index (χ1n) is 5.81. The number of hydrogen-bond donors (Lipinski definition) is 2. The Bertz CT molecular complexity index is 599. The van der Waals surface area contributed by atoms with Crippen LogP contribution in [0.15, 0.2) is 36.4 Å². The fraction of sp³-hybridized carbons (Fsp3) is 0.200. The summed E-state index contributed by atoms with van der Waals surface area (Å²) in [5.74, 6) is 0. The topological polar surface area (TPSA) is 40.5 Å². The summed E-state index contributed by atoms with van der Waals surface area (Å²) in [6, 6.07) is 10.2. The van der Waals surface area contributed by atoms with Crippen molar-refractivity contribution in [1.29, 1.82) is 0 Å². The highest BCUT2D eigenvalue weighted by Crippen LogP contribution is 2.33. The largest absolute Gasteiger partial charge is 0.393 e. The second kappa shape index (κ2) is 3.99. The summed E-state index contributed by atoms with van der Waals surface area (Å²) in [6.45, 7) is -0.242. The van der Waals surface area contributed by atoms with E-state index in [9.17, 15) is 5.11 Å². The zero-order valence-corrected chi connectivity index (χ0v) is 9.43. The maximum Gasteiger partial charge on any atom is 0.103 e. The van der Waals surface area contributed by atoms with Crippen LogP contribution in [-0.2, 0) is 6.42 Å². The van der Waals surface area contributed by atoms with E-state index in [0.717, 1.165) is 17.5 Å². The maximum absolute atomic E-state index is 9.83. The van der Waals surface area contributed by atoms with E-state index in [1.54, 1.807) is 0 Å². The molecule has 17 heavy (non-hydrogen) atoms. The number of benzene rings is 2. The van der Waals surface area contributed by atoms with Crippen molar-refractivity contribution in [2.24, 2.45) is 0 Å². The van der Waals surface area contributed by atoms with Crippen LogP contribution in [-0.4, -0.2) is 16.8 Å². The van der Waals surface area contributed by atoms with Gasteiger partial charge in [0.05, 0.1) is 6.61 Å². The van der Waals surface area contributed by atoms with Gasteiger partial charge in [0.15, 0.2) is 0 Å². The Kier molecular flexibility index (Phi) is 2.46. The standard InChI is InChI=1S/C15H14O2/c16-9-14(17)12-8-7-11-4-1-3-10-5-2-6-13(12)15(10)11/h1-4,6-8,14,16-17H,5,9H2. The molecule has 1 aliphatic rings. The van der Waals surface area contributed by atoms with Gasteiger partial charge in [-0.1, -0.05) is 42.5 Å². The molecule has 0 radical (unpaired) electrons. The second-order valence-electron chi connectivity index (χ2n) is 4.39. The van der Waals surface area contributed by atoms with Crippen molar-refractivity contribution in [2.45, 2.75) is 12.5 Å². The van der Waals surface area contributed by atoms with Gasteiger partial charge in [0, 0.05) is 0 Å². The molecule has 1 atom stereocenters. The summed E-state index contributed by atoms with van der Waals surface area (Å²) < 4.78 is 0. The lowest BCUT2D eigenvalue weighted by molar-refractivity contribution is 0.0956. The SMILES string of the molecule is OCC(O)c1ccc2cccc3c2c1C=CC3. The smallest absolute Gasteiger partial charge is 0.103 e. The minimum Gasteiger partial charge on any atom is -0.393 e. The third-order valence-electron chi connectivity index (χ3n) is 3.36. The molecule has 1 aliphatic carbocycles. The summed E-state index contributed by atoms with van der Waals surface area (Å²) in [4.78, 5) is 0. The minimum absolute atomic E-state index is 0.242. The Morgan fingerprint density at radius 3 is 2.88 bits per heavy atom. The van der Waals surface area contributed by atoms with Crippen molar-refractivity contribution in [3.05, 3.63) is 53.1 Å². The van der Waals surface area contributed by atoms with Crippen LogP contribution in [0.2, 0.25) is 0 Å². The van der Waals surface area contributed by atoms with Gasteiger partial charge in [0.2, 0.25) is 0 Å². The van der Waals surface area contributed by atoms with Gasteiger partial charge in [-0.25, -0.2) is 0 Å². The molecule has 2 nitrogen and oxygen atoms in total. The van der Waals surface area contributed by atoms with Crippen molar-refractivity contribution >= 4 is 16.8 Å². The van der Waals surface area contributed by atoms with Crippen LogP contribution in [0.1, 0.15) is 22.8 Å². The zero-order chi connectivity index (χ0) is 11.8. The number of aliphatic hydroxyl groups excluding tert-OH is 2. The normalized spacial score (nSPS) is 15.2. The average Bonchev–Trinajstić information content (AvgIpc) is 2.39. The first-order chi connectivity index (χ1) is 8.31. The number of hydrogen-bond acceptors (Lipinski definition) is 2. The van der Waals surface area contributed by atoms with E-state index in [2.05, 4.69) is 24.3 Å². The average molecular weight is 226 g/mol. The fourth-order valence-electron chi connectivity index (χ4n) is 2.54. The number of rotatable bonds is 2. The molecule has 2 aromatic carbocycles. The highest BCUT2D eigenvalue weighted by atomic mass is 16.3. The summed E-state index contributed by atoms with van der Waals surface area (Å²) >= 11 is 0. The van der Waals surface area contributed by atoms with Gasteiger partial charge in [-0.05, 0) is 33.9 Å². The van der Waals surface area contributed by atoms with E-state index in [1.165, 1.54) is 16.3 Å². The fourth-order valence-corrected chi connectivity index (χ4v) is 2.54. The van der Waals surface area contributed by atoms with Crippen molar-refractivity contribution in [3.63, 3.8) is 0 Å². The quantitative estimate of drug-likeness (QED) is 0.825. The van der Waals surface area contributed by atoms with Gasteiger partial charge < -0.3 is 10.2 Å². The van der Waals surface area contributed by atoms with E-state index >= 15 is 0 Å². The lowest BCUT2D eigenvalue weighted by atomic mass is 9.88. The molecule has 2 N–H and O–H groups in total. The Hall–Kier alpha value is -1.64. The molecule has 0 aromatic heterocycles. The van der Waals surface area contributed by atoms with Crippen LogP contribution in [0, 0.1) is 0 Å². The Morgan fingerprint density at radius 2 is 2.06 bits per heavy atom. The predicted octanol–water partition coefficient (Wildman–Crippen LogP) is 2.43. The lowest BCUT2D eigenvalue weighted by Crippen LogP contribution is -2.06. The Morgan fingerprint density at radius 1 is 1.18 bits per heavy atom. The van der Waals surface area contributed by atoms with Crippen molar-refractivity contribution in [3.8, 4) is 0 Å². The molecule has 2 heteroatoms. The molecule has 0 saturated heterocycles. The molecule has 0 bridgehead atoms. The summed E-state index contributed by atoms with van der Waals surface area (Å²) in [5, 5.41) is 21.3. The van der Waals surface area contributed by atoms with Gasteiger partial charge in [-0.15, -0.1) is 0 Å². The lowest BCUT2D eigenvalue weighted by Gasteiger charge is -2.18. The van der Waals surface area contributed by atoms with Crippen LogP contribution < -0.4 is 0 Å². The summed E-state index contributed by atoms with van der Waals surface area (Å²) in [5.41, 5.74) is 3.14. The third-order valence-corrected chi connectivity index (χ3v) is 3.36. The third kappa shape index (κ3) is 1.57. The summed E-state index contributed by atoms with van der Waals surface area (Å²) in [6.07, 6.45) is 4.28. The van der Waals surface area contributed by atoms with E-state index in [0.29, 0.717) is 0 Å². The van der Waals surface area contributed by atoms with Crippen molar-refractivity contribution in [2.75, 3.05) is 6.61 Å². The predicted molar refractivity (Wildman–Crippen MR) is 68.7 cm³/mol. The molecule has 1 unspecified atom stereocenters. The number of aliphatic hydroxyl groups is 2. The second-order valence-corrected chi connectivity index (χ2v) is 4.39. The van der Waals surface area contributed by atoms with E-state index in [4.69, 9.17) is 5.11 Å². The van der Waals surface area contributed by atoms with Gasteiger partial charge in [0.1, 0.15) is 6.10 Å². The molecule has 0 fully saturated rings. The minimum atomic E-state index is -0.801. The van der Waals surface area contributed by atoms with Crippen LogP contribution in [0.4, 0.5) is 0 Å². The van der Waals surface area contributed by atoms with Gasteiger partial charge >= 0.3 is 0 Å². The first-order valence-corrected chi connectivity index (χ1v) is 5.81. The molecular formula is C15H14O2. The maximum atomic E-state index is 9.83. The highest BCUT2D eigenvalue weighted by Gasteiger charge is 2.16. The van der Waals surface area contributed by atoms with E-state index < -0.39 is 6.10 Å². The molecule has 0 spiro atoms. The molecule has 0 heterocycles. The van der Waals surface area contributed by atoms with Crippen LogP contribution >= 0.6 is 0 Å². The zero-order valence-electron chi connectivity index (χ0n) is 9.43. The molecule has 3 rings (SSSR count). The van der Waals surface area contributed by atoms with Crippen LogP contribution in [0.25, 0.3) is 16.8 Å². The molecule has 86 valence electrons. The van der Waals surface area contributed by atoms with E-state index in [-0.39, 0.29) is 6.61 Å². The van der Waals surface area contributed by atoms with Crippen LogP contribution in [0.3, 0.4) is 0 Å². The molecule has 0 aliphatic heterocycles. The van der Waals surface area contributed by atoms with Gasteiger partial charge in [-0.2, -0.15) is 0 Å². The molecule has 0 saturated carbocycles. The monoisotopic (exact) mass is 226 g/mol. The van der Waals surface area contributed by atoms with Crippen molar-refractivity contribution in [1.82, 2.24) is 0 Å². The van der Waals surface area contributed by atoms with Crippen LogP contribution in [0.5, 0.6) is 0 Å². The first kappa shape index (κ1) is 10.5. The number of allylic oxidation sites excluding steroid dienone is 1. The van der Waals surface area contributed by atoms with Crippen molar-refractivity contribution < 1.29 is 10.2 Å². The van der Waals surface area contributed by atoms with E-state index in [1.807, 2.05) is 18.2 Å². The Balaban J connectivity index is 2.35. The molecule has 2 aromatic rings. The summed E-state index contributed by atoms with van der Waals surface area (Å²) in [7, 11) is 0. The van der Waals surface area contributed by atoms with Gasteiger partial charge in [0.25, 0.3) is 0 Å². The molecular weight excluding hydrogens is 212 g/mol.